The highest BCUT2D eigenvalue weighted by Gasteiger charge is 2.20. The van der Waals surface area contributed by atoms with Gasteiger partial charge in [-0.15, -0.1) is 0 Å². The number of aromatic nitrogens is 5. The van der Waals surface area contributed by atoms with Crippen molar-refractivity contribution >= 4 is 23.6 Å². The van der Waals surface area contributed by atoms with E-state index in [4.69, 9.17) is 0 Å². The van der Waals surface area contributed by atoms with E-state index in [2.05, 4.69) is 35.1 Å². The first kappa shape index (κ1) is 15.9. The van der Waals surface area contributed by atoms with E-state index in [1.807, 2.05) is 0 Å². The summed E-state index contributed by atoms with van der Waals surface area (Å²) in [7, 11) is 1.26. The molecule has 4 rings (SSSR count). The van der Waals surface area contributed by atoms with Crippen molar-refractivity contribution in [3.05, 3.63) is 39.1 Å². The smallest absolute Gasteiger partial charge is 0.412 e. The number of aromatic amines is 2. The molecule has 0 saturated heterocycles. The number of H-pyrrole nitrogens is 2. The molecule has 3 aromatic rings. The molecule has 0 bridgehead atoms. The average molecular weight is 357 g/mol. The zero-order valence-corrected chi connectivity index (χ0v) is 13.7. The monoisotopic (exact) mass is 357 g/mol. The molecule has 11 heteroatoms. The van der Waals surface area contributed by atoms with Gasteiger partial charge in [-0.25, -0.2) is 14.6 Å². The van der Waals surface area contributed by atoms with Crippen LogP contribution in [0.2, 0.25) is 0 Å². The number of anilines is 1. The number of rotatable bonds is 3. The SMILES string of the molecule is COC(=O)Nc1cc(=NC2CC2)n2ncc(=Cc3[nH]c(=O)[nH]c3O)c2n1. The summed E-state index contributed by atoms with van der Waals surface area (Å²) in [6, 6.07) is 1.84. The van der Waals surface area contributed by atoms with Gasteiger partial charge in [-0.2, -0.15) is 9.61 Å². The van der Waals surface area contributed by atoms with Gasteiger partial charge in [0.15, 0.2) is 11.1 Å². The molecular formula is C15H15N7O4. The lowest BCUT2D eigenvalue weighted by atomic mass is 10.3. The second kappa shape index (κ2) is 6.02. The molecular weight excluding hydrogens is 342 g/mol. The van der Waals surface area contributed by atoms with Gasteiger partial charge in [0, 0.05) is 11.3 Å². The molecule has 3 heterocycles. The van der Waals surface area contributed by atoms with Crippen LogP contribution in [0.25, 0.3) is 11.7 Å². The highest BCUT2D eigenvalue weighted by molar-refractivity contribution is 5.83. The lowest BCUT2D eigenvalue weighted by Crippen LogP contribution is -2.22. The first-order valence-electron chi connectivity index (χ1n) is 7.84. The predicted octanol–water partition coefficient (Wildman–Crippen LogP) is -0.760. The van der Waals surface area contributed by atoms with E-state index in [0.717, 1.165) is 12.8 Å². The van der Waals surface area contributed by atoms with E-state index in [9.17, 15) is 14.7 Å². The van der Waals surface area contributed by atoms with Gasteiger partial charge >= 0.3 is 11.8 Å². The van der Waals surface area contributed by atoms with Crippen molar-refractivity contribution in [2.24, 2.45) is 4.99 Å². The van der Waals surface area contributed by atoms with Crippen LogP contribution in [0.15, 0.2) is 22.1 Å². The Hall–Kier alpha value is -3.63. The van der Waals surface area contributed by atoms with Crippen molar-refractivity contribution in [1.29, 1.82) is 0 Å². The number of fused-ring (bicyclic) bond motifs is 1. The Balaban J connectivity index is 1.92. The Kier molecular flexibility index (Phi) is 3.68. The van der Waals surface area contributed by atoms with Crippen molar-refractivity contribution < 1.29 is 14.6 Å². The lowest BCUT2D eigenvalue weighted by Gasteiger charge is -2.03. The maximum atomic E-state index is 11.5. The van der Waals surface area contributed by atoms with Gasteiger partial charge in [0.05, 0.1) is 19.3 Å². The van der Waals surface area contributed by atoms with Crippen molar-refractivity contribution in [3.63, 3.8) is 0 Å². The quantitative estimate of drug-likeness (QED) is 0.484. The minimum absolute atomic E-state index is 0.193. The Morgan fingerprint density at radius 1 is 1.50 bits per heavy atom. The summed E-state index contributed by atoms with van der Waals surface area (Å²) >= 11 is 0. The van der Waals surface area contributed by atoms with Gasteiger partial charge in [-0.3, -0.25) is 15.3 Å². The van der Waals surface area contributed by atoms with Crippen LogP contribution in [0.1, 0.15) is 18.5 Å². The minimum atomic E-state index is -0.656. The summed E-state index contributed by atoms with van der Waals surface area (Å²) in [4.78, 5) is 36.4. The van der Waals surface area contributed by atoms with Crippen LogP contribution in [0, 0.1) is 0 Å². The number of methoxy groups -OCH3 is 1. The van der Waals surface area contributed by atoms with Gasteiger partial charge in [-0.1, -0.05) is 0 Å². The maximum Gasteiger partial charge on any atom is 0.412 e. The summed E-state index contributed by atoms with van der Waals surface area (Å²) in [5.74, 6) is -0.0354. The number of hydrogen-bond donors (Lipinski definition) is 4. The molecule has 0 radical (unpaired) electrons. The molecule has 0 aromatic carbocycles. The number of imidazole rings is 1. The van der Waals surface area contributed by atoms with Crippen molar-refractivity contribution in [2.45, 2.75) is 18.9 Å². The summed E-state index contributed by atoms with van der Waals surface area (Å²) in [5, 5.41) is 17.0. The normalized spacial score (nSPS) is 15.6. The van der Waals surface area contributed by atoms with Crippen LogP contribution in [-0.4, -0.2) is 48.9 Å². The van der Waals surface area contributed by atoms with Crippen LogP contribution < -0.4 is 21.7 Å². The van der Waals surface area contributed by atoms with E-state index >= 15 is 0 Å². The summed E-state index contributed by atoms with van der Waals surface area (Å²) in [5.41, 5.74) is 0.601. The average Bonchev–Trinajstić information content (AvgIpc) is 3.24. The summed E-state index contributed by atoms with van der Waals surface area (Å²) in [6.07, 6.45) is 4.40. The first-order valence-corrected chi connectivity index (χ1v) is 7.84. The van der Waals surface area contributed by atoms with Crippen LogP contribution in [0.4, 0.5) is 10.6 Å². The molecule has 134 valence electrons. The maximum absolute atomic E-state index is 11.5. The Morgan fingerprint density at radius 2 is 2.31 bits per heavy atom. The molecule has 1 aliphatic carbocycles. The molecule has 1 amide bonds. The fourth-order valence-corrected chi connectivity index (χ4v) is 2.42. The topological polar surface area (TPSA) is 150 Å². The Bertz CT molecular complexity index is 1170. The largest absolute Gasteiger partial charge is 0.493 e. The van der Waals surface area contributed by atoms with Gasteiger partial charge in [-0.05, 0) is 18.9 Å². The van der Waals surface area contributed by atoms with Crippen LogP contribution in [0.5, 0.6) is 5.88 Å². The van der Waals surface area contributed by atoms with Gasteiger partial charge in [0.2, 0.25) is 5.88 Å². The number of carbonyl (C=O) groups excluding carboxylic acids is 1. The zero-order chi connectivity index (χ0) is 18.3. The molecule has 1 saturated carbocycles. The fraction of sp³-hybridized carbons (Fsp3) is 0.267. The van der Waals surface area contributed by atoms with E-state index in [-0.39, 0.29) is 23.4 Å². The Labute approximate surface area is 145 Å². The van der Waals surface area contributed by atoms with Crippen molar-refractivity contribution in [1.82, 2.24) is 24.6 Å². The Morgan fingerprint density at radius 3 is 2.96 bits per heavy atom. The number of nitrogens with one attached hydrogen (secondary N) is 3. The molecule has 4 N–H and O–H groups in total. The molecule has 0 unspecified atom stereocenters. The lowest BCUT2D eigenvalue weighted by molar-refractivity contribution is 0.187. The second-order valence-electron chi connectivity index (χ2n) is 5.80. The zero-order valence-electron chi connectivity index (χ0n) is 13.7. The van der Waals surface area contributed by atoms with Gasteiger partial charge in [0.25, 0.3) is 0 Å². The molecule has 3 aromatic heterocycles. The highest BCUT2D eigenvalue weighted by atomic mass is 16.5. The molecule has 1 fully saturated rings. The third-order valence-electron chi connectivity index (χ3n) is 3.79. The standard InChI is InChI=1S/C15H15N7O4/c1-26-15(25)20-10-5-11(17-8-2-3-8)22-12(19-10)7(6-16-22)4-9-13(23)21-14(24)18-9/h4-6,8,23H,2-3H2,1H3,(H,20,25)(H2,18,21,24). The molecule has 0 atom stereocenters. The summed E-state index contributed by atoms with van der Waals surface area (Å²) in [6.45, 7) is 0. The number of aromatic hydroxyl groups is 1. The van der Waals surface area contributed by atoms with E-state index in [0.29, 0.717) is 16.4 Å². The predicted molar refractivity (Wildman–Crippen MR) is 89.5 cm³/mol. The van der Waals surface area contributed by atoms with Crippen molar-refractivity contribution in [3.8, 4) is 5.88 Å². The number of amides is 1. The van der Waals surface area contributed by atoms with Crippen LogP contribution in [-0.2, 0) is 4.74 Å². The number of carbonyl (C=O) groups is 1. The molecule has 1 aliphatic rings. The number of nitrogens with zero attached hydrogens (tertiary/aromatic N) is 4. The van der Waals surface area contributed by atoms with E-state index < -0.39 is 11.8 Å². The number of hydrogen-bond acceptors (Lipinski definition) is 7. The molecule has 0 aliphatic heterocycles. The second-order valence-corrected chi connectivity index (χ2v) is 5.80. The van der Waals surface area contributed by atoms with E-state index in [1.165, 1.54) is 23.9 Å². The number of ether oxygens (including phenoxy) is 1. The highest BCUT2D eigenvalue weighted by Crippen LogP contribution is 2.22. The minimum Gasteiger partial charge on any atom is -0.493 e. The molecule has 0 spiro atoms. The van der Waals surface area contributed by atoms with Crippen molar-refractivity contribution in [2.75, 3.05) is 12.4 Å². The van der Waals surface area contributed by atoms with Crippen LogP contribution >= 0.6 is 0 Å². The third-order valence-corrected chi connectivity index (χ3v) is 3.79. The molecule has 11 nitrogen and oxygen atoms in total. The first-order chi connectivity index (χ1) is 12.5. The van der Waals surface area contributed by atoms with Gasteiger partial charge < -0.3 is 14.8 Å². The summed E-state index contributed by atoms with van der Waals surface area (Å²) < 4.78 is 6.13. The fourth-order valence-electron chi connectivity index (χ4n) is 2.42. The molecule has 26 heavy (non-hydrogen) atoms. The van der Waals surface area contributed by atoms with E-state index in [1.54, 1.807) is 6.07 Å². The van der Waals surface area contributed by atoms with Crippen LogP contribution in [0.3, 0.4) is 0 Å². The van der Waals surface area contributed by atoms with Gasteiger partial charge in [0.1, 0.15) is 11.5 Å². The third kappa shape index (κ3) is 3.01.